The van der Waals surface area contributed by atoms with E-state index in [4.69, 9.17) is 4.74 Å². The molecular weight excluding hydrogens is 316 g/mol. The highest BCUT2D eigenvalue weighted by Gasteiger charge is 2.22. The SMILES string of the molecule is COc1ccccc1C(=O)NC(C)c1nc2cccnc2n1C(C)C. The fourth-order valence-electron chi connectivity index (χ4n) is 2.93. The van der Waals surface area contributed by atoms with Gasteiger partial charge in [-0.15, -0.1) is 0 Å². The zero-order valence-electron chi connectivity index (χ0n) is 14.9. The highest BCUT2D eigenvalue weighted by Crippen LogP contribution is 2.24. The normalized spacial score (nSPS) is 12.4. The molecule has 0 fully saturated rings. The number of para-hydroxylation sites is 1. The van der Waals surface area contributed by atoms with Crippen LogP contribution in [0.5, 0.6) is 5.75 Å². The summed E-state index contributed by atoms with van der Waals surface area (Å²) in [5, 5.41) is 3.01. The topological polar surface area (TPSA) is 69.0 Å². The number of pyridine rings is 1. The lowest BCUT2D eigenvalue weighted by molar-refractivity contribution is 0.0934. The average molecular weight is 338 g/mol. The van der Waals surface area contributed by atoms with Crippen LogP contribution in [-0.4, -0.2) is 27.6 Å². The van der Waals surface area contributed by atoms with E-state index >= 15 is 0 Å². The molecule has 25 heavy (non-hydrogen) atoms. The molecule has 0 saturated carbocycles. The molecule has 1 atom stereocenters. The number of imidazole rings is 1. The smallest absolute Gasteiger partial charge is 0.255 e. The van der Waals surface area contributed by atoms with Crippen LogP contribution in [0.15, 0.2) is 42.6 Å². The molecule has 2 heterocycles. The summed E-state index contributed by atoms with van der Waals surface area (Å²) in [5.74, 6) is 1.14. The summed E-state index contributed by atoms with van der Waals surface area (Å²) in [7, 11) is 1.55. The van der Waals surface area contributed by atoms with Gasteiger partial charge in [0.1, 0.15) is 17.1 Å². The first-order valence-electron chi connectivity index (χ1n) is 8.29. The van der Waals surface area contributed by atoms with Gasteiger partial charge in [-0.05, 0) is 45.0 Å². The molecule has 0 aliphatic rings. The molecule has 1 amide bonds. The van der Waals surface area contributed by atoms with E-state index in [9.17, 15) is 4.79 Å². The number of methoxy groups -OCH3 is 1. The van der Waals surface area contributed by atoms with Crippen molar-refractivity contribution in [3.63, 3.8) is 0 Å². The maximum atomic E-state index is 12.7. The van der Waals surface area contributed by atoms with Crippen LogP contribution in [0.25, 0.3) is 11.2 Å². The zero-order chi connectivity index (χ0) is 18.0. The summed E-state index contributed by atoms with van der Waals surface area (Å²) in [6.45, 7) is 6.08. The van der Waals surface area contributed by atoms with E-state index < -0.39 is 0 Å². The van der Waals surface area contributed by atoms with Gasteiger partial charge in [0.25, 0.3) is 5.91 Å². The minimum absolute atomic E-state index is 0.181. The quantitative estimate of drug-likeness (QED) is 0.773. The van der Waals surface area contributed by atoms with Gasteiger partial charge in [0.15, 0.2) is 5.65 Å². The lowest BCUT2D eigenvalue weighted by atomic mass is 10.1. The molecule has 1 unspecified atom stereocenters. The van der Waals surface area contributed by atoms with Gasteiger partial charge < -0.3 is 14.6 Å². The van der Waals surface area contributed by atoms with Crippen LogP contribution in [0.1, 0.15) is 49.0 Å². The molecule has 6 heteroatoms. The Balaban J connectivity index is 1.93. The van der Waals surface area contributed by atoms with Gasteiger partial charge in [0.05, 0.1) is 18.7 Å². The van der Waals surface area contributed by atoms with Crippen LogP contribution in [-0.2, 0) is 0 Å². The highest BCUT2D eigenvalue weighted by atomic mass is 16.5. The number of hydrogen-bond donors (Lipinski definition) is 1. The number of fused-ring (bicyclic) bond motifs is 1. The first kappa shape index (κ1) is 17.0. The molecular formula is C19H22N4O2. The summed E-state index contributed by atoms with van der Waals surface area (Å²) in [5.41, 5.74) is 2.15. The van der Waals surface area contributed by atoms with Crippen molar-refractivity contribution in [1.82, 2.24) is 19.9 Å². The Hall–Kier alpha value is -2.89. The molecule has 2 aromatic heterocycles. The third-order valence-electron chi connectivity index (χ3n) is 4.08. The predicted octanol–water partition coefficient (Wildman–Crippen LogP) is 3.51. The van der Waals surface area contributed by atoms with Crippen molar-refractivity contribution in [2.45, 2.75) is 32.9 Å². The van der Waals surface area contributed by atoms with Gasteiger partial charge in [0.2, 0.25) is 0 Å². The molecule has 0 bridgehead atoms. The van der Waals surface area contributed by atoms with Crippen molar-refractivity contribution in [3.05, 3.63) is 54.0 Å². The fourth-order valence-corrected chi connectivity index (χ4v) is 2.93. The molecule has 1 aromatic carbocycles. The van der Waals surface area contributed by atoms with Gasteiger partial charge in [0, 0.05) is 12.2 Å². The van der Waals surface area contributed by atoms with Crippen molar-refractivity contribution < 1.29 is 9.53 Å². The number of carbonyl (C=O) groups is 1. The van der Waals surface area contributed by atoms with E-state index in [1.54, 1.807) is 25.4 Å². The average Bonchev–Trinajstić information content (AvgIpc) is 3.01. The Morgan fingerprint density at radius 2 is 1.92 bits per heavy atom. The maximum absolute atomic E-state index is 12.7. The first-order chi connectivity index (χ1) is 12.0. The van der Waals surface area contributed by atoms with Crippen LogP contribution in [0.2, 0.25) is 0 Å². The second-order valence-electron chi connectivity index (χ2n) is 6.18. The monoisotopic (exact) mass is 338 g/mol. The van der Waals surface area contributed by atoms with Crippen molar-refractivity contribution in [1.29, 1.82) is 0 Å². The molecule has 0 aliphatic carbocycles. The van der Waals surface area contributed by atoms with Gasteiger partial charge in [-0.3, -0.25) is 4.79 Å². The van der Waals surface area contributed by atoms with E-state index in [1.165, 1.54) is 0 Å². The summed E-state index contributed by atoms with van der Waals surface area (Å²) in [6.07, 6.45) is 1.75. The Labute approximate surface area is 146 Å². The van der Waals surface area contributed by atoms with E-state index in [-0.39, 0.29) is 18.0 Å². The molecule has 0 spiro atoms. The first-order valence-corrected chi connectivity index (χ1v) is 8.29. The van der Waals surface area contributed by atoms with Crippen LogP contribution >= 0.6 is 0 Å². The second kappa shape index (κ2) is 6.93. The summed E-state index contributed by atoms with van der Waals surface area (Å²) < 4.78 is 7.33. The minimum Gasteiger partial charge on any atom is -0.496 e. The Kier molecular flexibility index (Phi) is 4.70. The van der Waals surface area contributed by atoms with Crippen molar-refractivity contribution >= 4 is 17.1 Å². The lowest BCUT2D eigenvalue weighted by Crippen LogP contribution is -2.29. The van der Waals surface area contributed by atoms with Crippen LogP contribution in [0.4, 0.5) is 0 Å². The van der Waals surface area contributed by atoms with Gasteiger partial charge in [-0.25, -0.2) is 9.97 Å². The highest BCUT2D eigenvalue weighted by molar-refractivity contribution is 5.97. The number of ether oxygens (including phenoxy) is 1. The van der Waals surface area contributed by atoms with Gasteiger partial charge in [-0.2, -0.15) is 0 Å². The van der Waals surface area contributed by atoms with Crippen LogP contribution < -0.4 is 10.1 Å². The standard InChI is InChI=1S/C19H22N4O2/c1-12(2)23-17(22-15-9-7-11-20-18(15)23)13(3)21-19(24)14-8-5-6-10-16(14)25-4/h5-13H,1-4H3,(H,21,24). The van der Waals surface area contributed by atoms with E-state index in [0.29, 0.717) is 11.3 Å². The van der Waals surface area contributed by atoms with Crippen molar-refractivity contribution in [2.75, 3.05) is 7.11 Å². The summed E-state index contributed by atoms with van der Waals surface area (Å²) in [6, 6.07) is 10.9. The number of benzene rings is 1. The molecule has 6 nitrogen and oxygen atoms in total. The van der Waals surface area contributed by atoms with Crippen LogP contribution in [0, 0.1) is 0 Å². The molecule has 3 rings (SSSR count). The number of nitrogens with one attached hydrogen (secondary N) is 1. The molecule has 0 radical (unpaired) electrons. The van der Waals surface area contributed by atoms with Gasteiger partial charge in [-0.1, -0.05) is 12.1 Å². The maximum Gasteiger partial charge on any atom is 0.255 e. The molecule has 3 aromatic rings. The lowest BCUT2D eigenvalue weighted by Gasteiger charge is -2.19. The molecule has 0 saturated heterocycles. The molecule has 130 valence electrons. The number of carbonyl (C=O) groups excluding carboxylic acids is 1. The van der Waals surface area contributed by atoms with Gasteiger partial charge >= 0.3 is 0 Å². The van der Waals surface area contributed by atoms with E-state index in [2.05, 4.69) is 33.7 Å². The van der Waals surface area contributed by atoms with E-state index in [1.807, 2.05) is 31.2 Å². The Bertz CT molecular complexity index is 901. The number of amides is 1. The molecule has 1 N–H and O–H groups in total. The second-order valence-corrected chi connectivity index (χ2v) is 6.18. The van der Waals surface area contributed by atoms with Crippen LogP contribution in [0.3, 0.4) is 0 Å². The minimum atomic E-state index is -0.269. The predicted molar refractivity (Wildman–Crippen MR) is 96.8 cm³/mol. The van der Waals surface area contributed by atoms with Crippen molar-refractivity contribution in [3.8, 4) is 5.75 Å². The Morgan fingerprint density at radius 3 is 2.64 bits per heavy atom. The number of nitrogens with zero attached hydrogens (tertiary/aromatic N) is 3. The molecule has 0 aliphatic heterocycles. The zero-order valence-corrected chi connectivity index (χ0v) is 14.9. The summed E-state index contributed by atoms with van der Waals surface area (Å²) >= 11 is 0. The third kappa shape index (κ3) is 3.20. The van der Waals surface area contributed by atoms with Crippen molar-refractivity contribution in [2.24, 2.45) is 0 Å². The largest absolute Gasteiger partial charge is 0.496 e. The number of rotatable bonds is 5. The Morgan fingerprint density at radius 1 is 1.16 bits per heavy atom. The van der Waals surface area contributed by atoms with E-state index in [0.717, 1.165) is 17.0 Å². The fraction of sp³-hybridized carbons (Fsp3) is 0.316. The number of hydrogen-bond acceptors (Lipinski definition) is 4. The number of aromatic nitrogens is 3. The summed E-state index contributed by atoms with van der Waals surface area (Å²) in [4.78, 5) is 21.8. The third-order valence-corrected chi connectivity index (χ3v) is 4.08.